The van der Waals surface area contributed by atoms with E-state index in [1.165, 1.54) is 37.9 Å². The SMILES string of the molecule is COc1cc(CCN2CCC(Cc3ccccc3)CC2)on1.Cl. The van der Waals surface area contributed by atoms with Crippen LogP contribution >= 0.6 is 12.4 Å². The molecule has 0 saturated carbocycles. The number of benzene rings is 1. The van der Waals surface area contributed by atoms with Gasteiger partial charge in [-0.25, -0.2) is 0 Å². The second kappa shape index (κ2) is 8.94. The molecule has 1 fully saturated rings. The molecule has 5 heteroatoms. The number of likely N-dealkylation sites (tertiary alicyclic amines) is 1. The minimum Gasteiger partial charge on any atom is -0.479 e. The van der Waals surface area contributed by atoms with Crippen LogP contribution in [-0.2, 0) is 12.8 Å². The Morgan fingerprint density at radius 3 is 2.61 bits per heavy atom. The van der Waals surface area contributed by atoms with E-state index in [4.69, 9.17) is 9.26 Å². The highest BCUT2D eigenvalue weighted by Gasteiger charge is 2.19. The third-order valence-corrected chi connectivity index (χ3v) is 4.50. The molecule has 0 bridgehead atoms. The highest BCUT2D eigenvalue weighted by atomic mass is 35.5. The third-order valence-electron chi connectivity index (χ3n) is 4.50. The zero-order valence-electron chi connectivity index (χ0n) is 13.6. The van der Waals surface area contributed by atoms with Crippen molar-refractivity contribution >= 4 is 12.4 Å². The maximum atomic E-state index is 5.25. The van der Waals surface area contributed by atoms with Crippen molar-refractivity contribution in [3.8, 4) is 5.88 Å². The summed E-state index contributed by atoms with van der Waals surface area (Å²) in [4.78, 5) is 2.52. The molecule has 4 nitrogen and oxygen atoms in total. The van der Waals surface area contributed by atoms with Crippen LogP contribution in [0.5, 0.6) is 5.88 Å². The van der Waals surface area contributed by atoms with Crippen molar-refractivity contribution in [2.24, 2.45) is 5.92 Å². The van der Waals surface area contributed by atoms with Gasteiger partial charge in [0.05, 0.1) is 7.11 Å². The van der Waals surface area contributed by atoms with Gasteiger partial charge in [-0.1, -0.05) is 30.3 Å². The first-order valence-electron chi connectivity index (χ1n) is 8.09. The fraction of sp³-hybridized carbons (Fsp3) is 0.500. The highest BCUT2D eigenvalue weighted by Crippen LogP contribution is 2.22. The summed E-state index contributed by atoms with van der Waals surface area (Å²) in [5.41, 5.74) is 1.47. The van der Waals surface area contributed by atoms with Crippen LogP contribution in [0.1, 0.15) is 24.2 Å². The van der Waals surface area contributed by atoms with Crippen molar-refractivity contribution in [3.05, 3.63) is 47.7 Å². The molecule has 1 aromatic heterocycles. The Morgan fingerprint density at radius 1 is 1.22 bits per heavy atom. The van der Waals surface area contributed by atoms with E-state index < -0.39 is 0 Å². The van der Waals surface area contributed by atoms with Gasteiger partial charge in [0.2, 0.25) is 0 Å². The summed E-state index contributed by atoms with van der Waals surface area (Å²) in [7, 11) is 1.61. The molecular formula is C18H25ClN2O2. The largest absolute Gasteiger partial charge is 0.479 e. The second-order valence-corrected chi connectivity index (χ2v) is 6.06. The van der Waals surface area contributed by atoms with Crippen LogP contribution in [0.3, 0.4) is 0 Å². The van der Waals surface area contributed by atoms with Gasteiger partial charge in [0.1, 0.15) is 5.76 Å². The van der Waals surface area contributed by atoms with Crippen molar-refractivity contribution in [2.45, 2.75) is 25.7 Å². The van der Waals surface area contributed by atoms with Crippen LogP contribution in [-0.4, -0.2) is 36.8 Å². The van der Waals surface area contributed by atoms with Gasteiger partial charge in [-0.05, 0) is 49.0 Å². The first kappa shape index (κ1) is 17.8. The first-order valence-corrected chi connectivity index (χ1v) is 8.09. The topological polar surface area (TPSA) is 38.5 Å². The quantitative estimate of drug-likeness (QED) is 0.808. The van der Waals surface area contributed by atoms with Crippen LogP contribution < -0.4 is 4.74 Å². The Hall–Kier alpha value is -1.52. The average molecular weight is 337 g/mol. The lowest BCUT2D eigenvalue weighted by Gasteiger charge is -2.31. The number of nitrogens with zero attached hydrogens (tertiary/aromatic N) is 2. The molecule has 0 spiro atoms. The molecule has 1 aliphatic heterocycles. The molecule has 1 saturated heterocycles. The van der Waals surface area contributed by atoms with E-state index in [1.54, 1.807) is 7.11 Å². The van der Waals surface area contributed by atoms with E-state index in [1.807, 2.05) is 6.07 Å². The first-order chi connectivity index (χ1) is 10.8. The van der Waals surface area contributed by atoms with E-state index in [9.17, 15) is 0 Å². The standard InChI is InChI=1S/C18H24N2O2.ClH/c1-21-18-14-17(22-19-18)9-12-20-10-7-16(8-11-20)13-15-5-3-2-4-6-15;/h2-6,14,16H,7-13H2,1H3;1H. The number of hydrogen-bond acceptors (Lipinski definition) is 4. The summed E-state index contributed by atoms with van der Waals surface area (Å²) in [5.74, 6) is 2.30. The third kappa shape index (κ3) is 5.26. The van der Waals surface area contributed by atoms with Crippen molar-refractivity contribution in [2.75, 3.05) is 26.7 Å². The Kier molecular flexibility index (Phi) is 6.93. The number of ether oxygens (including phenoxy) is 1. The second-order valence-electron chi connectivity index (χ2n) is 6.06. The number of rotatable bonds is 6. The van der Waals surface area contributed by atoms with Gasteiger partial charge in [-0.3, -0.25) is 0 Å². The van der Waals surface area contributed by atoms with Crippen LogP contribution in [0.25, 0.3) is 0 Å². The molecule has 0 radical (unpaired) electrons. The fourth-order valence-corrected chi connectivity index (χ4v) is 3.14. The minimum atomic E-state index is 0. The summed E-state index contributed by atoms with van der Waals surface area (Å²) >= 11 is 0. The van der Waals surface area contributed by atoms with Crippen molar-refractivity contribution < 1.29 is 9.26 Å². The smallest absolute Gasteiger partial charge is 0.254 e. The lowest BCUT2D eigenvalue weighted by Crippen LogP contribution is -2.35. The Balaban J connectivity index is 0.00000192. The van der Waals surface area contributed by atoms with Crippen molar-refractivity contribution in [1.82, 2.24) is 10.1 Å². The fourth-order valence-electron chi connectivity index (χ4n) is 3.14. The molecule has 2 aromatic rings. The van der Waals surface area contributed by atoms with Crippen LogP contribution in [0.2, 0.25) is 0 Å². The lowest BCUT2D eigenvalue weighted by molar-refractivity contribution is 0.181. The molecule has 23 heavy (non-hydrogen) atoms. The molecule has 2 heterocycles. The van der Waals surface area contributed by atoms with E-state index in [-0.39, 0.29) is 12.4 Å². The van der Waals surface area contributed by atoms with E-state index >= 15 is 0 Å². The van der Waals surface area contributed by atoms with E-state index in [2.05, 4.69) is 40.4 Å². The summed E-state index contributed by atoms with van der Waals surface area (Å²) in [6.07, 6.45) is 4.69. The van der Waals surface area contributed by atoms with Crippen molar-refractivity contribution in [1.29, 1.82) is 0 Å². The number of methoxy groups -OCH3 is 1. The Labute approximate surface area is 144 Å². The molecule has 126 valence electrons. The molecular weight excluding hydrogens is 312 g/mol. The zero-order valence-corrected chi connectivity index (χ0v) is 14.4. The molecule has 0 aliphatic carbocycles. The molecule has 1 aromatic carbocycles. The molecule has 0 atom stereocenters. The minimum absolute atomic E-state index is 0. The Morgan fingerprint density at radius 2 is 1.96 bits per heavy atom. The molecule has 0 amide bonds. The summed E-state index contributed by atoms with van der Waals surface area (Å²) in [6, 6.07) is 12.7. The number of halogens is 1. The summed E-state index contributed by atoms with van der Waals surface area (Å²) < 4.78 is 10.3. The van der Waals surface area contributed by atoms with Gasteiger partial charge in [-0.15, -0.1) is 12.4 Å². The van der Waals surface area contributed by atoms with Gasteiger partial charge < -0.3 is 14.2 Å². The number of aromatic nitrogens is 1. The predicted octanol–water partition coefficient (Wildman–Crippen LogP) is 3.60. The van der Waals surface area contributed by atoms with Gasteiger partial charge in [0, 0.05) is 19.0 Å². The van der Waals surface area contributed by atoms with Gasteiger partial charge >= 0.3 is 0 Å². The number of piperidine rings is 1. The predicted molar refractivity (Wildman–Crippen MR) is 93.3 cm³/mol. The van der Waals surface area contributed by atoms with Gasteiger partial charge in [0.25, 0.3) is 5.88 Å². The maximum Gasteiger partial charge on any atom is 0.254 e. The lowest BCUT2D eigenvalue weighted by atomic mass is 9.90. The van der Waals surface area contributed by atoms with Crippen molar-refractivity contribution in [3.63, 3.8) is 0 Å². The van der Waals surface area contributed by atoms with E-state index in [0.29, 0.717) is 5.88 Å². The zero-order chi connectivity index (χ0) is 15.2. The average Bonchev–Trinajstić information content (AvgIpc) is 3.03. The summed E-state index contributed by atoms with van der Waals surface area (Å²) in [5, 5.41) is 3.84. The van der Waals surface area contributed by atoms with Crippen LogP contribution in [0.15, 0.2) is 40.9 Å². The Bertz CT molecular complexity index is 565. The summed E-state index contributed by atoms with van der Waals surface area (Å²) in [6.45, 7) is 3.40. The monoisotopic (exact) mass is 336 g/mol. The molecule has 0 unspecified atom stereocenters. The van der Waals surface area contributed by atoms with Gasteiger partial charge in [0.15, 0.2) is 0 Å². The normalized spacial score (nSPS) is 16.0. The van der Waals surface area contributed by atoms with Crippen LogP contribution in [0.4, 0.5) is 0 Å². The van der Waals surface area contributed by atoms with Crippen LogP contribution in [0, 0.1) is 5.92 Å². The van der Waals surface area contributed by atoms with Gasteiger partial charge in [-0.2, -0.15) is 0 Å². The number of hydrogen-bond donors (Lipinski definition) is 0. The molecule has 1 aliphatic rings. The molecule has 0 N–H and O–H groups in total. The maximum absolute atomic E-state index is 5.25. The van der Waals surface area contributed by atoms with E-state index in [0.717, 1.165) is 24.6 Å². The molecule has 3 rings (SSSR count). The highest BCUT2D eigenvalue weighted by molar-refractivity contribution is 5.85.